The van der Waals surface area contributed by atoms with Gasteiger partial charge in [-0.05, 0) is 56.3 Å². The first-order valence-electron chi connectivity index (χ1n) is 12.6. The average molecular weight is 479 g/mol. The zero-order valence-electron chi connectivity index (χ0n) is 21.4. The molecule has 2 aliphatic heterocycles. The second-order valence-electron chi connectivity index (χ2n) is 10.1. The second-order valence-corrected chi connectivity index (χ2v) is 10.1. The van der Waals surface area contributed by atoms with Crippen molar-refractivity contribution in [2.75, 3.05) is 53.4 Å². The number of methoxy groups -OCH3 is 1. The zero-order valence-corrected chi connectivity index (χ0v) is 21.4. The van der Waals surface area contributed by atoms with Crippen LogP contribution in [-0.4, -0.2) is 97.0 Å². The van der Waals surface area contributed by atoms with Gasteiger partial charge in [0.1, 0.15) is 0 Å². The zero-order chi connectivity index (χ0) is 24.9. The Hall–Kier alpha value is -2.74. The van der Waals surface area contributed by atoms with Crippen LogP contribution < -0.4 is 0 Å². The van der Waals surface area contributed by atoms with Crippen molar-refractivity contribution in [3.05, 3.63) is 70.8 Å². The second kappa shape index (κ2) is 11.3. The van der Waals surface area contributed by atoms with Crippen molar-refractivity contribution in [1.29, 1.82) is 0 Å². The van der Waals surface area contributed by atoms with Crippen molar-refractivity contribution in [3.63, 3.8) is 0 Å². The number of esters is 1. The molecule has 2 aromatic rings. The molecule has 0 radical (unpaired) electrons. The Morgan fingerprint density at radius 2 is 1.46 bits per heavy atom. The van der Waals surface area contributed by atoms with Gasteiger partial charge in [0.05, 0.1) is 12.7 Å². The number of amides is 1. The Balaban J connectivity index is 1.37. The minimum Gasteiger partial charge on any atom is -0.465 e. The van der Waals surface area contributed by atoms with E-state index in [2.05, 4.69) is 47.7 Å². The summed E-state index contributed by atoms with van der Waals surface area (Å²) < 4.78 is 4.78. The molecule has 0 bridgehead atoms. The predicted molar refractivity (Wildman–Crippen MR) is 137 cm³/mol. The van der Waals surface area contributed by atoms with Gasteiger partial charge < -0.3 is 14.5 Å². The van der Waals surface area contributed by atoms with E-state index in [1.165, 1.54) is 12.7 Å². The third-order valence-electron chi connectivity index (χ3n) is 7.19. The van der Waals surface area contributed by atoms with Gasteiger partial charge in [-0.2, -0.15) is 0 Å². The van der Waals surface area contributed by atoms with Crippen LogP contribution in [0.4, 0.5) is 0 Å². The maximum atomic E-state index is 13.5. The highest BCUT2D eigenvalue weighted by Crippen LogP contribution is 2.22. The van der Waals surface area contributed by atoms with E-state index in [1.54, 1.807) is 0 Å². The Kier molecular flexibility index (Phi) is 8.21. The van der Waals surface area contributed by atoms with E-state index < -0.39 is 0 Å². The highest BCUT2D eigenvalue weighted by molar-refractivity contribution is 5.95. The molecule has 0 unspecified atom stereocenters. The maximum absolute atomic E-state index is 13.5. The topological polar surface area (TPSA) is 56.3 Å². The molecule has 35 heavy (non-hydrogen) atoms. The third-order valence-corrected chi connectivity index (χ3v) is 7.19. The highest BCUT2D eigenvalue weighted by atomic mass is 16.5. The van der Waals surface area contributed by atoms with Crippen molar-refractivity contribution >= 4 is 11.9 Å². The van der Waals surface area contributed by atoms with Crippen molar-refractivity contribution in [2.45, 2.75) is 39.0 Å². The first kappa shape index (κ1) is 25.4. The largest absolute Gasteiger partial charge is 0.465 e. The maximum Gasteiger partial charge on any atom is 0.337 e. The number of hydrogen-bond donors (Lipinski definition) is 0. The molecule has 0 spiro atoms. The summed E-state index contributed by atoms with van der Waals surface area (Å²) in [6.45, 7) is 11.9. The molecule has 0 saturated carbocycles. The molecule has 2 aromatic carbocycles. The van der Waals surface area contributed by atoms with Crippen LogP contribution >= 0.6 is 0 Å². The average Bonchev–Trinajstić information content (AvgIpc) is 2.85. The van der Waals surface area contributed by atoms with E-state index >= 15 is 0 Å². The summed E-state index contributed by atoms with van der Waals surface area (Å²) in [6.07, 6.45) is 0. The quantitative estimate of drug-likeness (QED) is 0.595. The molecule has 1 amide bonds. The number of carbonyl (C=O) groups excluding carboxylic acids is 2. The number of carbonyl (C=O) groups is 2. The number of hydrogen-bond acceptors (Lipinski definition) is 6. The van der Waals surface area contributed by atoms with Gasteiger partial charge in [0, 0.05) is 70.0 Å². The molecule has 0 N–H and O–H groups in total. The van der Waals surface area contributed by atoms with Crippen LogP contribution in [0.3, 0.4) is 0 Å². The van der Waals surface area contributed by atoms with Gasteiger partial charge in [0.15, 0.2) is 0 Å². The Morgan fingerprint density at radius 3 is 2.09 bits per heavy atom. The van der Waals surface area contributed by atoms with Crippen LogP contribution in [-0.2, 0) is 17.8 Å². The Morgan fingerprint density at radius 1 is 0.829 bits per heavy atom. The number of ether oxygens (including phenoxy) is 1. The fourth-order valence-corrected chi connectivity index (χ4v) is 5.30. The first-order valence-corrected chi connectivity index (χ1v) is 12.6. The molecule has 2 heterocycles. The third kappa shape index (κ3) is 6.28. The van der Waals surface area contributed by atoms with E-state index in [4.69, 9.17) is 4.74 Å². The summed E-state index contributed by atoms with van der Waals surface area (Å²) in [7, 11) is 3.56. The van der Waals surface area contributed by atoms with Gasteiger partial charge in [-0.3, -0.25) is 14.6 Å². The van der Waals surface area contributed by atoms with E-state index in [-0.39, 0.29) is 24.0 Å². The number of likely N-dealkylation sites (N-methyl/N-ethyl adjacent to an activating group) is 1. The Bertz CT molecular complexity index is 1010. The van der Waals surface area contributed by atoms with E-state index in [0.717, 1.165) is 63.5 Å². The number of rotatable bonds is 6. The van der Waals surface area contributed by atoms with Gasteiger partial charge in [0.25, 0.3) is 5.91 Å². The summed E-state index contributed by atoms with van der Waals surface area (Å²) in [4.78, 5) is 34.5. The summed E-state index contributed by atoms with van der Waals surface area (Å²) in [5, 5.41) is 0. The van der Waals surface area contributed by atoms with Gasteiger partial charge in [0.2, 0.25) is 0 Å². The molecule has 188 valence electrons. The fourth-order valence-electron chi connectivity index (χ4n) is 5.30. The molecule has 2 saturated heterocycles. The van der Waals surface area contributed by atoms with Crippen molar-refractivity contribution in [3.8, 4) is 0 Å². The number of nitrogens with zero attached hydrogens (tertiary/aromatic N) is 4. The lowest BCUT2D eigenvalue weighted by Crippen LogP contribution is -2.58. The lowest BCUT2D eigenvalue weighted by atomic mass is 10.0. The van der Waals surface area contributed by atoms with E-state index in [9.17, 15) is 9.59 Å². The number of piperazine rings is 2. The van der Waals surface area contributed by atoms with Crippen molar-refractivity contribution in [1.82, 2.24) is 19.6 Å². The lowest BCUT2D eigenvalue weighted by molar-refractivity contribution is 0.0268. The molecule has 4 rings (SSSR count). The van der Waals surface area contributed by atoms with Crippen LogP contribution in [0.15, 0.2) is 48.5 Å². The van der Waals surface area contributed by atoms with Gasteiger partial charge in [-0.15, -0.1) is 0 Å². The predicted octanol–water partition coefficient (Wildman–Crippen LogP) is 2.96. The molecule has 2 aliphatic rings. The number of benzene rings is 2. The monoisotopic (exact) mass is 478 g/mol. The van der Waals surface area contributed by atoms with Gasteiger partial charge in [-0.1, -0.05) is 24.3 Å². The van der Waals surface area contributed by atoms with Crippen molar-refractivity contribution < 1.29 is 14.3 Å². The normalized spacial score (nSPS) is 22.2. The smallest absolute Gasteiger partial charge is 0.337 e. The van der Waals surface area contributed by atoms with Crippen LogP contribution in [0.25, 0.3) is 0 Å². The summed E-state index contributed by atoms with van der Waals surface area (Å²) in [5.74, 6) is -0.203. The molecule has 0 aromatic heterocycles. The summed E-state index contributed by atoms with van der Waals surface area (Å²) in [6, 6.07) is 16.0. The lowest BCUT2D eigenvalue weighted by Gasteiger charge is -2.44. The first-order chi connectivity index (χ1) is 16.8. The van der Waals surface area contributed by atoms with E-state index in [0.29, 0.717) is 5.56 Å². The molecule has 7 heteroatoms. The minimum absolute atomic E-state index is 0.113. The van der Waals surface area contributed by atoms with E-state index in [1.807, 2.05) is 41.3 Å². The molecule has 0 aliphatic carbocycles. The van der Waals surface area contributed by atoms with Gasteiger partial charge >= 0.3 is 5.97 Å². The molecule has 2 fully saturated rings. The molecular formula is C28H38N4O3. The summed E-state index contributed by atoms with van der Waals surface area (Å²) in [5.41, 5.74) is 3.69. The van der Waals surface area contributed by atoms with Crippen LogP contribution in [0.1, 0.15) is 45.7 Å². The fraction of sp³-hybridized carbons (Fsp3) is 0.500. The van der Waals surface area contributed by atoms with Crippen LogP contribution in [0, 0.1) is 0 Å². The van der Waals surface area contributed by atoms with Crippen LogP contribution in [0.5, 0.6) is 0 Å². The minimum atomic E-state index is -0.321. The SMILES string of the molecule is COC(=O)c1ccc(CN2C[C@@H](C)N(C(=O)c3cccc(CN4CCN(C)CC4)c3)[C@@H](C)C2)cc1. The van der Waals surface area contributed by atoms with Crippen molar-refractivity contribution in [2.24, 2.45) is 0 Å². The molecular weight excluding hydrogens is 440 g/mol. The van der Waals surface area contributed by atoms with Crippen LogP contribution in [0.2, 0.25) is 0 Å². The summed E-state index contributed by atoms with van der Waals surface area (Å²) >= 11 is 0. The standard InChI is InChI=1S/C28H38N4O3/c1-21-17-31(19-23-8-10-25(11-9-23)28(34)35-4)18-22(2)32(21)27(33)26-7-5-6-24(16-26)20-30-14-12-29(3)13-15-30/h5-11,16,21-22H,12-15,17-20H2,1-4H3/t21-,22+. The Labute approximate surface area is 209 Å². The molecule has 2 atom stereocenters. The highest BCUT2D eigenvalue weighted by Gasteiger charge is 2.33. The van der Waals surface area contributed by atoms with Gasteiger partial charge in [-0.25, -0.2) is 4.79 Å². The molecule has 7 nitrogen and oxygen atoms in total.